The zero-order chi connectivity index (χ0) is 8.48. The summed E-state index contributed by atoms with van der Waals surface area (Å²) in [5.74, 6) is -2.77. The molecule has 0 fully saturated rings. The summed E-state index contributed by atoms with van der Waals surface area (Å²) >= 11 is 0. The topological polar surface area (TPSA) is 56.7 Å². The summed E-state index contributed by atoms with van der Waals surface area (Å²) in [7, 11) is 0. The third-order valence-electron chi connectivity index (χ3n) is 0.994. The molecule has 0 radical (unpaired) electrons. The van der Waals surface area contributed by atoms with Crippen LogP contribution in [-0.2, 0) is 6.54 Å². The molecule has 0 atom stereocenters. The molecule has 62 valence electrons. The van der Waals surface area contributed by atoms with Crippen molar-refractivity contribution in [2.24, 2.45) is 0 Å². The number of hydrogen-bond donors (Lipinski definition) is 1. The van der Waals surface area contributed by atoms with Gasteiger partial charge in [-0.05, 0) is 0 Å². The van der Waals surface area contributed by atoms with Crippen LogP contribution < -0.4 is 5.73 Å². The van der Waals surface area contributed by atoms with E-state index in [-0.39, 0.29) is 5.95 Å². The summed E-state index contributed by atoms with van der Waals surface area (Å²) in [5.41, 5.74) is 5.11. The number of rotatable bonds is 2. The van der Waals surface area contributed by atoms with Crippen LogP contribution in [0.5, 0.6) is 0 Å². The first kappa shape index (κ1) is 7.90. The second-order valence-electron chi connectivity index (χ2n) is 2.37. The lowest BCUT2D eigenvalue weighted by atomic mass is 10.4. The van der Waals surface area contributed by atoms with Crippen LogP contribution in [-0.4, -0.2) is 20.7 Å². The average molecular weight is 162 g/mol. The molecule has 0 aliphatic heterocycles. The molecule has 6 heteroatoms. The third kappa shape index (κ3) is 2.48. The van der Waals surface area contributed by atoms with Crippen LogP contribution in [0, 0.1) is 0 Å². The summed E-state index contributed by atoms with van der Waals surface area (Å²) in [6.45, 7) is 0.321. The molecule has 0 saturated carbocycles. The van der Waals surface area contributed by atoms with E-state index in [1.165, 1.54) is 6.33 Å². The Labute approximate surface area is 62.0 Å². The molecular weight excluding hydrogens is 154 g/mol. The molecule has 0 aromatic carbocycles. The van der Waals surface area contributed by atoms with Gasteiger partial charge in [0.15, 0.2) is 0 Å². The first-order chi connectivity index (χ1) is 4.97. The average Bonchev–Trinajstić information content (AvgIpc) is 2.10. The predicted octanol–water partition coefficient (Wildman–Crippen LogP) is 0.515. The molecule has 1 rings (SSSR count). The number of aromatic nitrogens is 3. The van der Waals surface area contributed by atoms with Crippen molar-refractivity contribution in [1.29, 1.82) is 0 Å². The van der Waals surface area contributed by atoms with Gasteiger partial charge in [-0.1, -0.05) is 0 Å². The highest BCUT2D eigenvalue weighted by Gasteiger charge is 2.22. The predicted molar refractivity (Wildman–Crippen MR) is 35.1 cm³/mol. The number of halogens is 2. The largest absolute Gasteiger partial charge is 0.367 e. The van der Waals surface area contributed by atoms with Gasteiger partial charge in [0.25, 0.3) is 5.92 Å². The molecule has 0 unspecified atom stereocenters. The Bertz CT molecular complexity index is 239. The van der Waals surface area contributed by atoms with E-state index in [1.807, 2.05) is 0 Å². The summed E-state index contributed by atoms with van der Waals surface area (Å²) in [4.78, 5) is 3.50. The lowest BCUT2D eigenvalue weighted by Crippen LogP contribution is -2.19. The van der Waals surface area contributed by atoms with Crippen molar-refractivity contribution >= 4 is 5.95 Å². The number of anilines is 1. The normalized spacial score (nSPS) is 11.9. The smallest absolute Gasteiger partial charge is 0.264 e. The van der Waals surface area contributed by atoms with Crippen molar-refractivity contribution in [2.45, 2.75) is 19.4 Å². The van der Waals surface area contributed by atoms with E-state index >= 15 is 0 Å². The van der Waals surface area contributed by atoms with Gasteiger partial charge in [-0.25, -0.2) is 18.4 Å². The van der Waals surface area contributed by atoms with Crippen molar-refractivity contribution < 1.29 is 8.78 Å². The molecule has 2 N–H and O–H groups in total. The molecular formula is C5H8F2N4. The Morgan fingerprint density at radius 2 is 2.36 bits per heavy atom. The number of hydrogen-bond acceptors (Lipinski definition) is 3. The van der Waals surface area contributed by atoms with Crippen molar-refractivity contribution in [3.63, 3.8) is 0 Å². The Hall–Kier alpha value is -1.20. The van der Waals surface area contributed by atoms with Crippen LogP contribution in [0.4, 0.5) is 14.7 Å². The van der Waals surface area contributed by atoms with E-state index in [2.05, 4.69) is 10.1 Å². The standard InChI is InChI=1S/C5H8F2N4/c1-5(6,7)2-11-3-9-4(8)10-11/h3H,2H2,1H3,(H2,8,10). The van der Waals surface area contributed by atoms with Gasteiger partial charge in [-0.3, -0.25) is 0 Å². The molecule has 1 aromatic heterocycles. The monoisotopic (exact) mass is 162 g/mol. The SMILES string of the molecule is CC(F)(F)Cn1cnc(N)n1. The summed E-state index contributed by atoms with van der Waals surface area (Å²) < 4.78 is 25.6. The van der Waals surface area contributed by atoms with Gasteiger partial charge in [0.05, 0.1) is 0 Å². The fraction of sp³-hybridized carbons (Fsp3) is 0.600. The first-order valence-electron chi connectivity index (χ1n) is 3.00. The van der Waals surface area contributed by atoms with Gasteiger partial charge >= 0.3 is 0 Å². The third-order valence-corrected chi connectivity index (χ3v) is 0.994. The maximum absolute atomic E-state index is 12.3. The van der Waals surface area contributed by atoms with Crippen LogP contribution in [0.1, 0.15) is 6.92 Å². The molecule has 0 aliphatic carbocycles. The van der Waals surface area contributed by atoms with Crippen molar-refractivity contribution in [2.75, 3.05) is 5.73 Å². The Balaban J connectivity index is 2.65. The molecule has 0 spiro atoms. The van der Waals surface area contributed by atoms with Crippen molar-refractivity contribution in [3.8, 4) is 0 Å². The summed E-state index contributed by atoms with van der Waals surface area (Å²) in [6, 6.07) is 0. The minimum atomic E-state index is -2.78. The minimum absolute atomic E-state index is 0.00856. The maximum Gasteiger partial charge on any atom is 0.264 e. The van der Waals surface area contributed by atoms with Gasteiger partial charge in [0.1, 0.15) is 12.9 Å². The van der Waals surface area contributed by atoms with Crippen LogP contribution >= 0.6 is 0 Å². The number of nitrogens with two attached hydrogens (primary N) is 1. The van der Waals surface area contributed by atoms with E-state index < -0.39 is 12.5 Å². The quantitative estimate of drug-likeness (QED) is 0.689. The summed E-state index contributed by atoms with van der Waals surface area (Å²) in [5, 5.41) is 3.50. The van der Waals surface area contributed by atoms with E-state index in [0.29, 0.717) is 0 Å². The van der Waals surface area contributed by atoms with E-state index in [1.54, 1.807) is 0 Å². The summed E-state index contributed by atoms with van der Waals surface area (Å²) in [6.07, 6.45) is 1.17. The highest BCUT2D eigenvalue weighted by Crippen LogP contribution is 2.13. The van der Waals surface area contributed by atoms with Crippen LogP contribution in [0.3, 0.4) is 0 Å². The molecule has 11 heavy (non-hydrogen) atoms. The van der Waals surface area contributed by atoms with E-state index in [0.717, 1.165) is 11.6 Å². The van der Waals surface area contributed by atoms with Gasteiger partial charge in [0.2, 0.25) is 5.95 Å². The second-order valence-corrected chi connectivity index (χ2v) is 2.37. The lowest BCUT2D eigenvalue weighted by Gasteiger charge is -2.07. The van der Waals surface area contributed by atoms with Gasteiger partial charge in [-0.2, -0.15) is 0 Å². The fourth-order valence-electron chi connectivity index (χ4n) is 0.670. The Morgan fingerprint density at radius 1 is 1.73 bits per heavy atom. The van der Waals surface area contributed by atoms with E-state index in [9.17, 15) is 8.78 Å². The fourth-order valence-corrected chi connectivity index (χ4v) is 0.670. The van der Waals surface area contributed by atoms with Gasteiger partial charge in [0, 0.05) is 6.92 Å². The molecule has 1 aromatic rings. The highest BCUT2D eigenvalue weighted by molar-refractivity contribution is 5.09. The van der Waals surface area contributed by atoms with E-state index in [4.69, 9.17) is 5.73 Å². The Morgan fingerprint density at radius 3 is 2.73 bits per heavy atom. The Kier molecular flexibility index (Phi) is 1.76. The number of alkyl halides is 2. The highest BCUT2D eigenvalue weighted by atomic mass is 19.3. The molecule has 0 amide bonds. The zero-order valence-electron chi connectivity index (χ0n) is 5.96. The van der Waals surface area contributed by atoms with Crippen LogP contribution in [0.15, 0.2) is 6.33 Å². The van der Waals surface area contributed by atoms with Gasteiger partial charge in [-0.15, -0.1) is 5.10 Å². The van der Waals surface area contributed by atoms with Crippen molar-refractivity contribution in [1.82, 2.24) is 14.8 Å². The molecule has 1 heterocycles. The molecule has 0 saturated heterocycles. The second kappa shape index (κ2) is 2.44. The van der Waals surface area contributed by atoms with Gasteiger partial charge < -0.3 is 5.73 Å². The minimum Gasteiger partial charge on any atom is -0.367 e. The van der Waals surface area contributed by atoms with Crippen LogP contribution in [0.2, 0.25) is 0 Å². The number of nitrogens with zero attached hydrogens (tertiary/aromatic N) is 3. The van der Waals surface area contributed by atoms with Crippen LogP contribution in [0.25, 0.3) is 0 Å². The molecule has 4 nitrogen and oxygen atoms in total. The van der Waals surface area contributed by atoms with Crippen molar-refractivity contribution in [3.05, 3.63) is 6.33 Å². The molecule has 0 bridgehead atoms. The lowest BCUT2D eigenvalue weighted by molar-refractivity contribution is 0.000568. The maximum atomic E-state index is 12.3. The molecule has 0 aliphatic rings. The number of nitrogen functional groups attached to an aromatic ring is 1. The first-order valence-corrected chi connectivity index (χ1v) is 3.00. The zero-order valence-corrected chi connectivity index (χ0v) is 5.96.